The number of rotatable bonds is 7. The summed E-state index contributed by atoms with van der Waals surface area (Å²) in [6.45, 7) is 3.41. The fourth-order valence-electron chi connectivity index (χ4n) is 1.90. The van der Waals surface area contributed by atoms with Gasteiger partial charge in [0, 0.05) is 7.05 Å². The maximum Gasteiger partial charge on any atom is 0.259 e. The van der Waals surface area contributed by atoms with Gasteiger partial charge in [-0.25, -0.2) is 5.06 Å². The van der Waals surface area contributed by atoms with Gasteiger partial charge in [0.25, 0.3) is 5.91 Å². The summed E-state index contributed by atoms with van der Waals surface area (Å²) >= 11 is 0. The summed E-state index contributed by atoms with van der Waals surface area (Å²) in [6.07, 6.45) is 1.49. The van der Waals surface area contributed by atoms with Gasteiger partial charge >= 0.3 is 0 Å². The number of nitrogens with zero attached hydrogens (tertiary/aromatic N) is 1. The molecule has 20 heavy (non-hydrogen) atoms. The van der Waals surface area contributed by atoms with E-state index in [9.17, 15) is 9.36 Å². The molecular weight excluding hydrogens is 275 g/mol. The zero-order valence-corrected chi connectivity index (χ0v) is 13.1. The lowest BCUT2D eigenvalue weighted by Crippen LogP contribution is -2.39. The van der Waals surface area contributed by atoms with Gasteiger partial charge in [-0.1, -0.05) is 30.3 Å². The van der Waals surface area contributed by atoms with Crippen LogP contribution in [0.25, 0.3) is 0 Å². The maximum atomic E-state index is 12.3. The molecule has 1 amide bonds. The minimum atomic E-state index is -2.36. The smallest absolute Gasteiger partial charge is 0.259 e. The van der Waals surface area contributed by atoms with Crippen molar-refractivity contribution in [1.29, 1.82) is 0 Å². The van der Waals surface area contributed by atoms with Gasteiger partial charge < -0.3 is 4.57 Å². The molecule has 0 fully saturated rings. The van der Waals surface area contributed by atoms with Crippen LogP contribution in [0.2, 0.25) is 0 Å². The van der Waals surface area contributed by atoms with E-state index in [1.54, 1.807) is 13.3 Å². The van der Waals surface area contributed by atoms with Gasteiger partial charge in [0.15, 0.2) is 0 Å². The maximum absolute atomic E-state index is 12.3. The summed E-state index contributed by atoms with van der Waals surface area (Å²) in [4.78, 5) is 11.4. The zero-order chi connectivity index (χ0) is 15.2. The molecule has 0 saturated carbocycles. The number of carbonyl (C=O) groups excluding carboxylic acids is 1. The van der Waals surface area contributed by atoms with Crippen molar-refractivity contribution in [2.75, 3.05) is 26.9 Å². The minimum Gasteiger partial charge on any atom is -0.323 e. The second-order valence-electron chi connectivity index (χ2n) is 5.27. The van der Waals surface area contributed by atoms with E-state index >= 15 is 0 Å². The number of nitrogens with one attached hydrogen (secondary N) is 1. The number of amides is 1. The first-order valence-electron chi connectivity index (χ1n) is 6.58. The quantitative estimate of drug-likeness (QED) is 0.459. The largest absolute Gasteiger partial charge is 0.323 e. The number of hydrogen-bond donors (Lipinski definition) is 2. The average Bonchev–Trinajstić information content (AvgIpc) is 2.37. The van der Waals surface area contributed by atoms with Crippen LogP contribution in [0.4, 0.5) is 0 Å². The lowest BCUT2D eigenvalue weighted by molar-refractivity contribution is -0.158. The van der Waals surface area contributed by atoms with E-state index in [0.29, 0.717) is 11.5 Å². The highest BCUT2D eigenvalue weighted by Crippen LogP contribution is 2.42. The monoisotopic (exact) mass is 298 g/mol. The Balaban J connectivity index is 2.57. The van der Waals surface area contributed by atoms with Gasteiger partial charge in [-0.3, -0.25) is 15.3 Å². The van der Waals surface area contributed by atoms with E-state index in [1.165, 1.54) is 12.6 Å². The fraction of sp³-hybridized carbons (Fsp3) is 0.500. The fourth-order valence-corrected chi connectivity index (χ4v) is 3.18. The molecule has 6 heteroatoms. The van der Waals surface area contributed by atoms with Gasteiger partial charge in [-0.15, -0.1) is 0 Å². The van der Waals surface area contributed by atoms with Crippen molar-refractivity contribution < 1.29 is 14.6 Å². The molecule has 1 unspecified atom stereocenters. The molecule has 0 spiro atoms. The Kier molecular flexibility index (Phi) is 6.40. The van der Waals surface area contributed by atoms with Crippen molar-refractivity contribution in [2.24, 2.45) is 0 Å². The number of hydrogen-bond acceptors (Lipinski definition) is 4. The van der Waals surface area contributed by atoms with Crippen molar-refractivity contribution >= 4 is 13.0 Å². The van der Waals surface area contributed by atoms with Crippen molar-refractivity contribution in [1.82, 2.24) is 10.4 Å². The molecule has 0 aliphatic heterocycles. The van der Waals surface area contributed by atoms with Crippen LogP contribution in [0, 0.1) is 0 Å². The summed E-state index contributed by atoms with van der Waals surface area (Å²) in [5.41, 5.74) is 1.18. The summed E-state index contributed by atoms with van der Waals surface area (Å²) in [7, 11) is -1.08. The lowest BCUT2D eigenvalue weighted by Gasteiger charge is -2.23. The third kappa shape index (κ3) is 5.87. The molecule has 1 aromatic rings. The first kappa shape index (κ1) is 16.9. The molecule has 0 aromatic heterocycles. The molecule has 2 N–H and O–H groups in total. The van der Waals surface area contributed by atoms with Crippen LogP contribution in [0.1, 0.15) is 12.0 Å². The van der Waals surface area contributed by atoms with Crippen LogP contribution in [0.15, 0.2) is 30.3 Å². The average molecular weight is 298 g/mol. The van der Waals surface area contributed by atoms with Crippen LogP contribution >= 0.6 is 7.14 Å². The predicted octanol–water partition coefficient (Wildman–Crippen LogP) is 2.01. The molecule has 112 valence electrons. The number of benzene rings is 1. The second-order valence-corrected chi connectivity index (χ2v) is 8.76. The summed E-state index contributed by atoms with van der Waals surface area (Å²) in [5, 5.41) is 12.6. The van der Waals surface area contributed by atoms with Gasteiger partial charge in [-0.2, -0.15) is 0 Å². The Morgan fingerprint density at radius 1 is 1.35 bits per heavy atom. The summed E-state index contributed by atoms with van der Waals surface area (Å²) in [6, 6.07) is 9.96. The normalized spacial score (nSPS) is 13.0. The van der Waals surface area contributed by atoms with E-state index in [4.69, 9.17) is 5.21 Å². The van der Waals surface area contributed by atoms with E-state index < -0.39 is 13.0 Å². The molecular formula is C14H23N2O3P. The second kappa shape index (κ2) is 7.58. The topological polar surface area (TPSA) is 69.6 Å². The van der Waals surface area contributed by atoms with Crippen molar-refractivity contribution in [3.05, 3.63) is 35.9 Å². The van der Waals surface area contributed by atoms with Gasteiger partial charge in [0.05, 0.1) is 19.5 Å². The molecule has 0 heterocycles. The molecule has 0 radical (unpaired) electrons. The molecule has 1 atom stereocenters. The number of carbonyl (C=O) groups is 1. The van der Waals surface area contributed by atoms with Crippen LogP contribution in [0.3, 0.4) is 0 Å². The number of aryl methyl sites for hydroxylation is 1. The molecule has 1 rings (SSSR count). The SMILES string of the molecule is CN(O)C(=O)CNC(CCc1ccccc1)P(C)(C)=O. The molecule has 5 nitrogen and oxygen atoms in total. The third-order valence-corrected chi connectivity index (χ3v) is 5.09. The van der Waals surface area contributed by atoms with Crippen molar-refractivity contribution in [3.63, 3.8) is 0 Å². The van der Waals surface area contributed by atoms with Gasteiger partial charge in [0.2, 0.25) is 0 Å². The van der Waals surface area contributed by atoms with E-state index in [2.05, 4.69) is 5.32 Å². The Labute approximate surface area is 120 Å². The van der Waals surface area contributed by atoms with Gasteiger partial charge in [-0.05, 0) is 31.7 Å². The van der Waals surface area contributed by atoms with Crippen LogP contribution < -0.4 is 5.32 Å². The number of hydroxylamine groups is 2. The van der Waals surface area contributed by atoms with Crippen LogP contribution in [-0.4, -0.2) is 48.9 Å². The number of likely N-dealkylation sites (N-methyl/N-ethyl adjacent to an activating group) is 1. The Bertz CT molecular complexity index is 471. The summed E-state index contributed by atoms with van der Waals surface area (Å²) in [5.74, 6) is -0.672. The Morgan fingerprint density at radius 2 is 1.95 bits per heavy atom. The highest BCUT2D eigenvalue weighted by molar-refractivity contribution is 7.63. The molecule has 0 saturated heterocycles. The van der Waals surface area contributed by atoms with Crippen LogP contribution in [-0.2, 0) is 15.8 Å². The predicted molar refractivity (Wildman–Crippen MR) is 80.6 cm³/mol. The van der Waals surface area contributed by atoms with E-state index in [-0.39, 0.29) is 12.3 Å². The first-order chi connectivity index (χ1) is 9.30. The van der Waals surface area contributed by atoms with Crippen molar-refractivity contribution in [3.8, 4) is 0 Å². The van der Waals surface area contributed by atoms with Crippen LogP contribution in [0.5, 0.6) is 0 Å². The molecule has 0 aliphatic carbocycles. The van der Waals surface area contributed by atoms with E-state index in [1.807, 2.05) is 30.3 Å². The Hall–Kier alpha value is -1.16. The zero-order valence-electron chi connectivity index (χ0n) is 12.2. The molecule has 0 aliphatic rings. The minimum absolute atomic E-state index is 0.0157. The highest BCUT2D eigenvalue weighted by atomic mass is 31.2. The standard InChI is InChI=1S/C14H23N2O3P/c1-16(18)14(17)11-15-13(20(2,3)19)10-9-12-7-5-4-6-8-12/h4-8,13,15,18H,9-11H2,1-3H3. The summed E-state index contributed by atoms with van der Waals surface area (Å²) < 4.78 is 12.3. The van der Waals surface area contributed by atoms with Crippen molar-refractivity contribution in [2.45, 2.75) is 18.6 Å². The lowest BCUT2D eigenvalue weighted by atomic mass is 10.1. The molecule has 0 bridgehead atoms. The Morgan fingerprint density at radius 3 is 2.45 bits per heavy atom. The molecule has 1 aromatic carbocycles. The van der Waals surface area contributed by atoms with E-state index in [0.717, 1.165) is 6.42 Å². The van der Waals surface area contributed by atoms with Gasteiger partial charge in [0.1, 0.15) is 0 Å². The first-order valence-corrected chi connectivity index (χ1v) is 9.25. The highest BCUT2D eigenvalue weighted by Gasteiger charge is 2.23. The third-order valence-electron chi connectivity index (χ3n) is 3.15.